The van der Waals surface area contributed by atoms with Crippen LogP contribution in [0, 0.1) is 0 Å². The van der Waals surface area contributed by atoms with Gasteiger partial charge in [0.2, 0.25) is 0 Å². The van der Waals surface area contributed by atoms with Gasteiger partial charge in [0.05, 0.1) is 20.3 Å². The van der Waals surface area contributed by atoms with E-state index in [9.17, 15) is 4.79 Å². The van der Waals surface area contributed by atoms with Crippen LogP contribution in [0.3, 0.4) is 0 Å². The smallest absolute Gasteiger partial charge is 0.254 e. The highest BCUT2D eigenvalue weighted by molar-refractivity contribution is 5.94. The lowest BCUT2D eigenvalue weighted by Crippen LogP contribution is -2.30. The number of carbonyl (C=O) groups is 1. The number of ether oxygens (including phenoxy) is 2. The van der Waals surface area contributed by atoms with Crippen molar-refractivity contribution in [3.8, 4) is 11.5 Å². The molecule has 0 radical (unpaired) electrons. The quantitative estimate of drug-likeness (QED) is 0.864. The molecule has 2 aromatic carbocycles. The summed E-state index contributed by atoms with van der Waals surface area (Å²) in [5.74, 6) is 1.65. The van der Waals surface area contributed by atoms with Crippen LogP contribution in [0.4, 0.5) is 0 Å². The SMILES string of the molecule is COc1ccc(C(=O)N2CCCC2c2cccc(OC)c2)cc1. The first kappa shape index (κ1) is 15.4. The molecule has 0 aromatic heterocycles. The van der Waals surface area contributed by atoms with Gasteiger partial charge in [-0.15, -0.1) is 0 Å². The molecular formula is C19H21NO3. The van der Waals surface area contributed by atoms with Gasteiger partial charge in [-0.25, -0.2) is 0 Å². The lowest BCUT2D eigenvalue weighted by Gasteiger charge is -2.25. The van der Waals surface area contributed by atoms with Crippen molar-refractivity contribution in [3.63, 3.8) is 0 Å². The van der Waals surface area contributed by atoms with E-state index in [-0.39, 0.29) is 11.9 Å². The average molecular weight is 311 g/mol. The van der Waals surface area contributed by atoms with Gasteiger partial charge in [0.1, 0.15) is 11.5 Å². The predicted octanol–water partition coefficient (Wildman–Crippen LogP) is 3.68. The van der Waals surface area contributed by atoms with Crippen LogP contribution in [0.2, 0.25) is 0 Å². The number of likely N-dealkylation sites (tertiary alicyclic amines) is 1. The van der Waals surface area contributed by atoms with E-state index in [1.165, 1.54) is 0 Å². The number of amides is 1. The van der Waals surface area contributed by atoms with E-state index in [1.807, 2.05) is 47.4 Å². The minimum absolute atomic E-state index is 0.0676. The van der Waals surface area contributed by atoms with Crippen LogP contribution in [-0.4, -0.2) is 31.6 Å². The van der Waals surface area contributed by atoms with E-state index in [4.69, 9.17) is 9.47 Å². The molecule has 1 atom stereocenters. The fraction of sp³-hybridized carbons (Fsp3) is 0.316. The fourth-order valence-electron chi connectivity index (χ4n) is 3.10. The second-order valence-corrected chi connectivity index (χ2v) is 5.66. The number of hydrogen-bond acceptors (Lipinski definition) is 3. The monoisotopic (exact) mass is 311 g/mol. The fourth-order valence-corrected chi connectivity index (χ4v) is 3.10. The summed E-state index contributed by atoms with van der Waals surface area (Å²) in [4.78, 5) is 14.8. The Labute approximate surface area is 136 Å². The van der Waals surface area contributed by atoms with Crippen molar-refractivity contribution in [1.29, 1.82) is 0 Å². The number of rotatable bonds is 4. The minimum atomic E-state index is 0.0676. The molecule has 0 bridgehead atoms. The van der Waals surface area contributed by atoms with Crippen molar-refractivity contribution >= 4 is 5.91 Å². The normalized spacial score (nSPS) is 17.1. The Bertz CT molecular complexity index is 681. The molecule has 1 amide bonds. The zero-order valence-electron chi connectivity index (χ0n) is 13.5. The van der Waals surface area contributed by atoms with Crippen LogP contribution in [0.25, 0.3) is 0 Å². The van der Waals surface area contributed by atoms with E-state index in [2.05, 4.69) is 6.07 Å². The van der Waals surface area contributed by atoms with Crippen molar-refractivity contribution in [2.24, 2.45) is 0 Å². The molecule has 1 heterocycles. The molecule has 3 rings (SSSR count). The van der Waals surface area contributed by atoms with Crippen molar-refractivity contribution < 1.29 is 14.3 Å². The Morgan fingerprint density at radius 3 is 2.48 bits per heavy atom. The van der Waals surface area contributed by atoms with E-state index >= 15 is 0 Å². The number of hydrogen-bond donors (Lipinski definition) is 0. The summed E-state index contributed by atoms with van der Waals surface area (Å²) in [6.07, 6.45) is 2.00. The van der Waals surface area contributed by atoms with Gasteiger partial charge in [-0.3, -0.25) is 4.79 Å². The number of carbonyl (C=O) groups excluding carboxylic acids is 1. The summed E-state index contributed by atoms with van der Waals surface area (Å²) in [6, 6.07) is 15.4. The van der Waals surface area contributed by atoms with Crippen LogP contribution in [0.5, 0.6) is 11.5 Å². The van der Waals surface area contributed by atoms with Gasteiger partial charge in [-0.2, -0.15) is 0 Å². The standard InChI is InChI=1S/C19H21NO3/c1-22-16-10-8-14(9-11-16)19(21)20-12-4-7-18(20)15-5-3-6-17(13-15)23-2/h3,5-6,8-11,13,18H,4,7,12H2,1-2H3. The maximum absolute atomic E-state index is 12.8. The molecule has 0 aliphatic carbocycles. The Kier molecular flexibility index (Phi) is 4.51. The maximum atomic E-state index is 12.8. The summed E-state index contributed by atoms with van der Waals surface area (Å²) < 4.78 is 10.5. The van der Waals surface area contributed by atoms with E-state index in [0.717, 1.165) is 36.4 Å². The molecule has 2 aromatic rings. The van der Waals surface area contributed by atoms with Crippen LogP contribution in [0.1, 0.15) is 34.8 Å². The van der Waals surface area contributed by atoms with Gasteiger partial charge in [-0.1, -0.05) is 12.1 Å². The maximum Gasteiger partial charge on any atom is 0.254 e. The minimum Gasteiger partial charge on any atom is -0.497 e. The Balaban J connectivity index is 1.83. The van der Waals surface area contributed by atoms with Crippen molar-refractivity contribution in [2.75, 3.05) is 20.8 Å². The van der Waals surface area contributed by atoms with Gasteiger partial charge in [0.15, 0.2) is 0 Å². The lowest BCUT2D eigenvalue weighted by molar-refractivity contribution is 0.0735. The highest BCUT2D eigenvalue weighted by Crippen LogP contribution is 2.34. The molecule has 0 saturated carbocycles. The van der Waals surface area contributed by atoms with Crippen LogP contribution >= 0.6 is 0 Å². The molecule has 23 heavy (non-hydrogen) atoms. The summed E-state index contributed by atoms with van der Waals surface area (Å²) in [5.41, 5.74) is 1.82. The average Bonchev–Trinajstić information content (AvgIpc) is 3.11. The molecule has 1 aliphatic heterocycles. The van der Waals surface area contributed by atoms with Crippen LogP contribution in [-0.2, 0) is 0 Å². The zero-order valence-corrected chi connectivity index (χ0v) is 13.5. The molecular weight excluding hydrogens is 290 g/mol. The number of methoxy groups -OCH3 is 2. The molecule has 1 saturated heterocycles. The van der Waals surface area contributed by atoms with Crippen molar-refractivity contribution in [1.82, 2.24) is 4.90 Å². The summed E-state index contributed by atoms with van der Waals surface area (Å²) in [5, 5.41) is 0. The van der Waals surface area contributed by atoms with Gasteiger partial charge < -0.3 is 14.4 Å². The second-order valence-electron chi connectivity index (χ2n) is 5.66. The predicted molar refractivity (Wildman–Crippen MR) is 89.0 cm³/mol. The third kappa shape index (κ3) is 3.16. The topological polar surface area (TPSA) is 38.8 Å². The van der Waals surface area contributed by atoms with Gasteiger partial charge >= 0.3 is 0 Å². The van der Waals surface area contributed by atoms with Gasteiger partial charge in [0.25, 0.3) is 5.91 Å². The molecule has 120 valence electrons. The van der Waals surface area contributed by atoms with Crippen LogP contribution in [0.15, 0.2) is 48.5 Å². The summed E-state index contributed by atoms with van der Waals surface area (Å²) in [7, 11) is 3.28. The van der Waals surface area contributed by atoms with Crippen molar-refractivity contribution in [2.45, 2.75) is 18.9 Å². The van der Waals surface area contributed by atoms with E-state index in [1.54, 1.807) is 14.2 Å². The van der Waals surface area contributed by atoms with Gasteiger partial charge in [-0.05, 0) is 54.8 Å². The summed E-state index contributed by atoms with van der Waals surface area (Å²) in [6.45, 7) is 0.784. The first-order valence-electron chi connectivity index (χ1n) is 7.82. The Morgan fingerprint density at radius 2 is 1.78 bits per heavy atom. The van der Waals surface area contributed by atoms with Gasteiger partial charge in [0, 0.05) is 12.1 Å². The lowest BCUT2D eigenvalue weighted by atomic mass is 10.0. The number of benzene rings is 2. The zero-order chi connectivity index (χ0) is 16.2. The molecule has 4 nitrogen and oxygen atoms in total. The molecule has 0 N–H and O–H groups in total. The molecule has 1 aliphatic rings. The first-order valence-corrected chi connectivity index (χ1v) is 7.82. The molecule has 4 heteroatoms. The molecule has 1 fully saturated rings. The third-order valence-electron chi connectivity index (χ3n) is 4.33. The molecule has 1 unspecified atom stereocenters. The molecule has 0 spiro atoms. The van der Waals surface area contributed by atoms with E-state index < -0.39 is 0 Å². The third-order valence-corrected chi connectivity index (χ3v) is 4.33. The second kappa shape index (κ2) is 6.73. The highest BCUT2D eigenvalue weighted by Gasteiger charge is 2.30. The first-order chi connectivity index (χ1) is 11.2. The number of nitrogens with zero attached hydrogens (tertiary/aromatic N) is 1. The van der Waals surface area contributed by atoms with E-state index in [0.29, 0.717) is 5.56 Å². The highest BCUT2D eigenvalue weighted by atomic mass is 16.5. The Hall–Kier alpha value is -2.49. The summed E-state index contributed by atoms with van der Waals surface area (Å²) >= 11 is 0. The van der Waals surface area contributed by atoms with Crippen LogP contribution < -0.4 is 9.47 Å². The van der Waals surface area contributed by atoms with Crippen molar-refractivity contribution in [3.05, 3.63) is 59.7 Å². The Morgan fingerprint density at radius 1 is 1.04 bits per heavy atom. The largest absolute Gasteiger partial charge is 0.497 e.